The van der Waals surface area contributed by atoms with E-state index < -0.39 is 16.4 Å². The van der Waals surface area contributed by atoms with Gasteiger partial charge in [-0.05, 0) is 35.9 Å². The Morgan fingerprint density at radius 1 is 1.04 bits per heavy atom. The first-order chi connectivity index (χ1) is 11.8. The van der Waals surface area contributed by atoms with Crippen molar-refractivity contribution in [3.05, 3.63) is 54.1 Å². The van der Waals surface area contributed by atoms with E-state index in [0.717, 1.165) is 5.56 Å². The molecule has 5 nitrogen and oxygen atoms in total. The number of alkyl halides is 3. The third-order valence-corrected chi connectivity index (χ3v) is 6.27. The predicted molar refractivity (Wildman–Crippen MR) is 83.5 cm³/mol. The van der Waals surface area contributed by atoms with E-state index in [2.05, 4.69) is 4.74 Å². The Morgan fingerprint density at radius 2 is 1.72 bits per heavy atom. The third-order valence-electron chi connectivity index (χ3n) is 4.35. The molecule has 1 atom stereocenters. The first-order valence-corrected chi connectivity index (χ1v) is 8.91. The molecule has 0 aliphatic carbocycles. The quantitative estimate of drug-likeness (QED) is 0.815. The van der Waals surface area contributed by atoms with E-state index in [-0.39, 0.29) is 18.5 Å². The van der Waals surface area contributed by atoms with Crippen LogP contribution >= 0.6 is 0 Å². The molecule has 1 saturated heterocycles. The molecule has 2 aromatic rings. The number of rotatable bonds is 2. The number of halogens is 3. The molecular weight excluding hydrogens is 357 g/mol. The predicted octanol–water partition coefficient (Wildman–Crippen LogP) is 3.11. The highest BCUT2D eigenvalue weighted by molar-refractivity contribution is 7.89. The van der Waals surface area contributed by atoms with Crippen LogP contribution in [0.4, 0.5) is 18.9 Å². The minimum atomic E-state index is -4.74. The van der Waals surface area contributed by atoms with E-state index in [9.17, 15) is 21.6 Å². The molecule has 2 aromatic carbocycles. The minimum Gasteiger partial charge on any atom is -0.406 e. The molecule has 0 radical (unpaired) electrons. The zero-order valence-electron chi connectivity index (χ0n) is 12.8. The Balaban J connectivity index is 1.58. The number of hydrogen-bond acceptors (Lipinski definition) is 4. The lowest BCUT2D eigenvalue weighted by molar-refractivity contribution is -0.274. The normalized spacial score (nSPS) is 21.9. The molecule has 132 valence electrons. The van der Waals surface area contributed by atoms with Crippen molar-refractivity contribution in [1.82, 2.24) is 4.31 Å². The van der Waals surface area contributed by atoms with Crippen LogP contribution in [0.25, 0.3) is 0 Å². The summed E-state index contributed by atoms with van der Waals surface area (Å²) in [5.74, 6) is -0.311. The Kier molecular flexibility index (Phi) is 3.48. The minimum absolute atomic E-state index is 0.154. The lowest BCUT2D eigenvalue weighted by atomic mass is 10.1. The molecule has 1 fully saturated rings. The zero-order valence-corrected chi connectivity index (χ0v) is 13.6. The first kappa shape index (κ1) is 16.2. The van der Waals surface area contributed by atoms with E-state index in [1.165, 1.54) is 28.6 Å². The van der Waals surface area contributed by atoms with Crippen LogP contribution in [0.2, 0.25) is 0 Å². The van der Waals surface area contributed by atoms with Gasteiger partial charge in [0.1, 0.15) is 5.75 Å². The third kappa shape index (κ3) is 2.73. The molecule has 2 heterocycles. The van der Waals surface area contributed by atoms with Crippen LogP contribution in [0, 0.1) is 0 Å². The number of fused-ring (bicyclic) bond motifs is 3. The summed E-state index contributed by atoms with van der Waals surface area (Å²) in [6.45, 7) is 0.594. The van der Waals surface area contributed by atoms with Crippen LogP contribution < -0.4 is 9.64 Å². The molecule has 4 rings (SSSR count). The summed E-state index contributed by atoms with van der Waals surface area (Å²) in [5, 5.41) is 0. The maximum atomic E-state index is 12.6. The van der Waals surface area contributed by atoms with E-state index >= 15 is 0 Å². The van der Waals surface area contributed by atoms with Crippen LogP contribution in [0.5, 0.6) is 5.75 Å². The highest BCUT2D eigenvalue weighted by Crippen LogP contribution is 2.44. The number of hydrogen-bond donors (Lipinski definition) is 0. The second-order valence-corrected chi connectivity index (χ2v) is 7.71. The van der Waals surface area contributed by atoms with Crippen molar-refractivity contribution in [2.24, 2.45) is 0 Å². The van der Waals surface area contributed by atoms with Gasteiger partial charge in [-0.3, -0.25) is 0 Å². The van der Waals surface area contributed by atoms with Gasteiger partial charge < -0.3 is 9.64 Å². The van der Waals surface area contributed by atoms with Crippen molar-refractivity contribution in [1.29, 1.82) is 0 Å². The summed E-state index contributed by atoms with van der Waals surface area (Å²) in [6.07, 6.45) is -4.74. The molecule has 0 saturated carbocycles. The van der Waals surface area contributed by atoms with Crippen molar-refractivity contribution in [2.75, 3.05) is 18.1 Å². The molecule has 0 spiro atoms. The smallest absolute Gasteiger partial charge is 0.406 e. The van der Waals surface area contributed by atoms with Gasteiger partial charge in [0.25, 0.3) is 0 Å². The van der Waals surface area contributed by atoms with Crippen LogP contribution in [-0.2, 0) is 10.0 Å². The molecule has 0 bridgehead atoms. The molecule has 25 heavy (non-hydrogen) atoms. The summed E-state index contributed by atoms with van der Waals surface area (Å²) in [4.78, 5) is 2.14. The fraction of sp³-hybridized carbons (Fsp3) is 0.250. The number of benzene rings is 2. The van der Waals surface area contributed by atoms with Gasteiger partial charge in [-0.2, -0.15) is 4.31 Å². The number of ether oxygens (including phenoxy) is 1. The first-order valence-electron chi connectivity index (χ1n) is 7.47. The Morgan fingerprint density at radius 3 is 2.40 bits per heavy atom. The van der Waals surface area contributed by atoms with Gasteiger partial charge in [0.2, 0.25) is 10.0 Å². The van der Waals surface area contributed by atoms with Crippen molar-refractivity contribution in [2.45, 2.75) is 17.3 Å². The fourth-order valence-corrected chi connectivity index (χ4v) is 5.10. The molecule has 2 aliphatic rings. The summed E-state index contributed by atoms with van der Waals surface area (Å²) < 4.78 is 67.1. The molecule has 2 aliphatic heterocycles. The van der Waals surface area contributed by atoms with Gasteiger partial charge >= 0.3 is 6.36 Å². The molecular formula is C16H13F3N2O3S. The van der Waals surface area contributed by atoms with Gasteiger partial charge in [-0.15, -0.1) is 13.2 Å². The Labute approximate surface area is 142 Å². The van der Waals surface area contributed by atoms with Gasteiger partial charge in [-0.1, -0.05) is 18.2 Å². The molecule has 1 unspecified atom stereocenters. The lowest BCUT2D eigenvalue weighted by Gasteiger charge is -2.19. The van der Waals surface area contributed by atoms with Crippen LogP contribution in [0.15, 0.2) is 53.4 Å². The van der Waals surface area contributed by atoms with Gasteiger partial charge in [0, 0.05) is 12.2 Å². The van der Waals surface area contributed by atoms with Gasteiger partial charge in [0.15, 0.2) is 0 Å². The average Bonchev–Trinajstić information content (AvgIpc) is 3.07. The van der Waals surface area contributed by atoms with Gasteiger partial charge in [-0.25, -0.2) is 8.42 Å². The van der Waals surface area contributed by atoms with Gasteiger partial charge in [0.05, 0.1) is 17.6 Å². The van der Waals surface area contributed by atoms with Crippen molar-refractivity contribution >= 4 is 15.7 Å². The monoisotopic (exact) mass is 370 g/mol. The number of nitrogens with zero attached hydrogens (tertiary/aromatic N) is 2. The standard InChI is InChI=1S/C16H13F3N2O3S/c17-16(18,19)24-12-7-5-11(6-8-12)20-9-14-13-3-1-2-4-15(13)25(22,23)21(14)10-20/h1-8,14H,9-10H2. The second kappa shape index (κ2) is 5.37. The fourth-order valence-electron chi connectivity index (χ4n) is 3.28. The summed E-state index contributed by atoms with van der Waals surface area (Å²) in [6, 6.07) is 12.0. The molecule has 0 aromatic heterocycles. The van der Waals surface area contributed by atoms with Crippen molar-refractivity contribution < 1.29 is 26.3 Å². The maximum absolute atomic E-state index is 12.6. The lowest BCUT2D eigenvalue weighted by Crippen LogP contribution is -2.28. The number of anilines is 1. The topological polar surface area (TPSA) is 49.9 Å². The molecule has 0 N–H and O–H groups in total. The highest BCUT2D eigenvalue weighted by atomic mass is 32.2. The molecule has 0 amide bonds. The Hall–Kier alpha value is -2.26. The van der Waals surface area contributed by atoms with Crippen molar-refractivity contribution in [3.8, 4) is 5.75 Å². The largest absolute Gasteiger partial charge is 0.573 e. The Bertz CT molecular complexity index is 913. The SMILES string of the molecule is O=S1(=O)c2ccccc2C2CN(c3ccc(OC(F)(F)F)cc3)CN21. The summed E-state index contributed by atoms with van der Waals surface area (Å²) in [7, 11) is -3.54. The maximum Gasteiger partial charge on any atom is 0.573 e. The molecule has 9 heteroatoms. The van der Waals surface area contributed by atoms with E-state index in [0.29, 0.717) is 17.1 Å². The van der Waals surface area contributed by atoms with E-state index in [1.807, 2.05) is 4.90 Å². The summed E-state index contributed by atoms with van der Waals surface area (Å²) >= 11 is 0. The average molecular weight is 370 g/mol. The van der Waals surface area contributed by atoms with E-state index in [4.69, 9.17) is 0 Å². The van der Waals surface area contributed by atoms with Crippen LogP contribution in [-0.4, -0.2) is 32.3 Å². The highest BCUT2D eigenvalue weighted by Gasteiger charge is 2.47. The second-order valence-electron chi connectivity index (χ2n) is 5.85. The summed E-state index contributed by atoms with van der Waals surface area (Å²) in [5.41, 5.74) is 1.39. The van der Waals surface area contributed by atoms with Crippen LogP contribution in [0.1, 0.15) is 11.6 Å². The van der Waals surface area contributed by atoms with E-state index in [1.54, 1.807) is 24.3 Å². The van der Waals surface area contributed by atoms with Crippen LogP contribution in [0.3, 0.4) is 0 Å². The zero-order chi connectivity index (χ0) is 17.8. The van der Waals surface area contributed by atoms with Crippen molar-refractivity contribution in [3.63, 3.8) is 0 Å². The number of sulfonamides is 1.